The number of rotatable bonds is 7. The van der Waals surface area contributed by atoms with Crippen LogP contribution in [0.2, 0.25) is 0 Å². The Morgan fingerprint density at radius 1 is 1.09 bits per heavy atom. The topological polar surface area (TPSA) is 90.3 Å². The van der Waals surface area contributed by atoms with Gasteiger partial charge in [0.15, 0.2) is 0 Å². The van der Waals surface area contributed by atoms with Gasteiger partial charge in [0.25, 0.3) is 5.56 Å². The molecule has 0 saturated heterocycles. The summed E-state index contributed by atoms with van der Waals surface area (Å²) in [5, 5.41) is 9.78. The fourth-order valence-electron chi connectivity index (χ4n) is 4.34. The fourth-order valence-corrected chi connectivity index (χ4v) is 4.34. The second-order valence-corrected chi connectivity index (χ2v) is 8.19. The highest BCUT2D eigenvalue weighted by Gasteiger charge is 2.32. The third kappa shape index (κ3) is 4.63. The van der Waals surface area contributed by atoms with Crippen LogP contribution in [0.5, 0.6) is 11.5 Å². The SMILES string of the molecule is COc1ccc(CCn2c(C)cc3c(c2=O)C(CCc2ccccc2)C(C#N)=C(N)O3)cc1. The van der Waals surface area contributed by atoms with Crippen molar-refractivity contribution in [3.8, 4) is 17.6 Å². The molecule has 33 heavy (non-hydrogen) atoms. The number of methoxy groups -OCH3 is 1. The van der Waals surface area contributed by atoms with Crippen LogP contribution in [0.4, 0.5) is 0 Å². The Balaban J connectivity index is 1.66. The Labute approximate surface area is 193 Å². The van der Waals surface area contributed by atoms with E-state index in [1.807, 2.05) is 67.6 Å². The van der Waals surface area contributed by atoms with Crippen LogP contribution < -0.4 is 20.8 Å². The molecule has 6 heteroatoms. The van der Waals surface area contributed by atoms with Gasteiger partial charge in [-0.15, -0.1) is 0 Å². The van der Waals surface area contributed by atoms with E-state index in [0.717, 1.165) is 29.0 Å². The highest BCUT2D eigenvalue weighted by molar-refractivity contribution is 5.49. The zero-order chi connectivity index (χ0) is 23.4. The first-order valence-corrected chi connectivity index (χ1v) is 11.0. The summed E-state index contributed by atoms with van der Waals surface area (Å²) in [4.78, 5) is 13.6. The number of ether oxygens (including phenoxy) is 2. The zero-order valence-electron chi connectivity index (χ0n) is 18.9. The lowest BCUT2D eigenvalue weighted by Crippen LogP contribution is -2.33. The van der Waals surface area contributed by atoms with Gasteiger partial charge in [0, 0.05) is 24.2 Å². The summed E-state index contributed by atoms with van der Waals surface area (Å²) < 4.78 is 12.7. The van der Waals surface area contributed by atoms with Gasteiger partial charge in [-0.25, -0.2) is 0 Å². The van der Waals surface area contributed by atoms with Crippen molar-refractivity contribution in [3.63, 3.8) is 0 Å². The second-order valence-electron chi connectivity index (χ2n) is 8.19. The molecule has 168 valence electrons. The summed E-state index contributed by atoms with van der Waals surface area (Å²) in [6.07, 6.45) is 2.02. The van der Waals surface area contributed by atoms with Crippen LogP contribution in [0.1, 0.15) is 34.7 Å². The molecule has 0 amide bonds. The van der Waals surface area contributed by atoms with Gasteiger partial charge < -0.3 is 19.8 Å². The van der Waals surface area contributed by atoms with Gasteiger partial charge >= 0.3 is 0 Å². The highest BCUT2D eigenvalue weighted by Crippen LogP contribution is 2.38. The van der Waals surface area contributed by atoms with Crippen LogP contribution in [0.3, 0.4) is 0 Å². The lowest BCUT2D eigenvalue weighted by atomic mass is 9.85. The van der Waals surface area contributed by atoms with Gasteiger partial charge in [-0.3, -0.25) is 4.79 Å². The first-order chi connectivity index (χ1) is 16.0. The Hall–Kier alpha value is -3.98. The molecule has 0 fully saturated rings. The Bertz CT molecular complexity index is 1270. The van der Waals surface area contributed by atoms with E-state index in [4.69, 9.17) is 15.2 Å². The lowest BCUT2D eigenvalue weighted by molar-refractivity contribution is 0.379. The minimum Gasteiger partial charge on any atom is -0.497 e. The van der Waals surface area contributed by atoms with E-state index >= 15 is 0 Å². The number of fused-ring (bicyclic) bond motifs is 1. The lowest BCUT2D eigenvalue weighted by Gasteiger charge is -2.27. The van der Waals surface area contributed by atoms with Gasteiger partial charge in [0.1, 0.15) is 17.6 Å². The summed E-state index contributed by atoms with van der Waals surface area (Å²) in [7, 11) is 1.64. The van der Waals surface area contributed by atoms with Crippen molar-refractivity contribution in [2.24, 2.45) is 5.73 Å². The molecular formula is C27H27N3O3. The number of aryl methyl sites for hydroxylation is 3. The molecule has 0 radical (unpaired) electrons. The van der Waals surface area contributed by atoms with E-state index in [2.05, 4.69) is 6.07 Å². The highest BCUT2D eigenvalue weighted by atomic mass is 16.5. The largest absolute Gasteiger partial charge is 0.497 e. The van der Waals surface area contributed by atoms with Crippen LogP contribution in [-0.2, 0) is 19.4 Å². The average molecular weight is 442 g/mol. The molecule has 6 nitrogen and oxygen atoms in total. The predicted octanol–water partition coefficient (Wildman–Crippen LogP) is 4.21. The molecule has 1 atom stereocenters. The molecule has 1 aliphatic heterocycles. The van der Waals surface area contributed by atoms with Crippen molar-refractivity contribution < 1.29 is 9.47 Å². The van der Waals surface area contributed by atoms with Crippen LogP contribution in [0.25, 0.3) is 0 Å². The third-order valence-electron chi connectivity index (χ3n) is 6.16. The number of nitrogens with two attached hydrogens (primary N) is 1. The number of allylic oxidation sites excluding steroid dienone is 1. The molecule has 3 aromatic rings. The molecule has 2 N–H and O–H groups in total. The van der Waals surface area contributed by atoms with Crippen LogP contribution >= 0.6 is 0 Å². The number of aromatic nitrogens is 1. The molecule has 2 aromatic carbocycles. The van der Waals surface area contributed by atoms with Gasteiger partial charge in [0.2, 0.25) is 5.88 Å². The molecular weight excluding hydrogens is 414 g/mol. The van der Waals surface area contributed by atoms with E-state index in [9.17, 15) is 10.1 Å². The van der Waals surface area contributed by atoms with Crippen molar-refractivity contribution in [1.29, 1.82) is 5.26 Å². The first-order valence-electron chi connectivity index (χ1n) is 11.0. The quantitative estimate of drug-likeness (QED) is 0.593. The maximum Gasteiger partial charge on any atom is 0.258 e. The van der Waals surface area contributed by atoms with E-state index in [1.54, 1.807) is 11.7 Å². The number of pyridine rings is 1. The molecule has 0 saturated carbocycles. The van der Waals surface area contributed by atoms with Crippen molar-refractivity contribution in [1.82, 2.24) is 4.57 Å². The van der Waals surface area contributed by atoms with Gasteiger partial charge in [-0.05, 0) is 49.4 Å². The Kier molecular flexibility index (Phi) is 6.50. The van der Waals surface area contributed by atoms with Crippen molar-refractivity contribution in [3.05, 3.63) is 105 Å². The van der Waals surface area contributed by atoms with E-state index in [-0.39, 0.29) is 11.4 Å². The normalized spacial score (nSPS) is 14.9. The fraction of sp³-hybridized carbons (Fsp3) is 0.259. The average Bonchev–Trinajstić information content (AvgIpc) is 2.83. The molecule has 0 aliphatic carbocycles. The zero-order valence-corrected chi connectivity index (χ0v) is 18.9. The molecule has 0 spiro atoms. The summed E-state index contributed by atoms with van der Waals surface area (Å²) >= 11 is 0. The molecule has 0 bridgehead atoms. The number of hydrogen-bond donors (Lipinski definition) is 1. The standard InChI is InChI=1S/C27H27N3O3/c1-18-16-24-25(27(31)30(18)15-14-20-8-11-21(32-2)12-9-20)22(23(17-28)26(29)33-24)13-10-19-6-4-3-5-7-19/h3-9,11-12,16,22H,10,13-15,29H2,1-2H3. The van der Waals surface area contributed by atoms with Gasteiger partial charge in [-0.1, -0.05) is 42.5 Å². The smallest absolute Gasteiger partial charge is 0.258 e. The van der Waals surface area contributed by atoms with Crippen LogP contribution in [0.15, 0.2) is 76.9 Å². The van der Waals surface area contributed by atoms with Gasteiger partial charge in [0.05, 0.1) is 18.2 Å². The molecule has 4 rings (SSSR count). The number of hydrogen-bond acceptors (Lipinski definition) is 5. The van der Waals surface area contributed by atoms with Crippen molar-refractivity contribution in [2.75, 3.05) is 7.11 Å². The summed E-state index contributed by atoms with van der Waals surface area (Å²) in [5.41, 5.74) is 9.83. The van der Waals surface area contributed by atoms with E-state index in [1.165, 1.54) is 0 Å². The second kappa shape index (κ2) is 9.66. The maximum atomic E-state index is 13.6. The summed E-state index contributed by atoms with van der Waals surface area (Å²) in [6.45, 7) is 2.41. The maximum absolute atomic E-state index is 13.6. The minimum atomic E-state index is -0.403. The Morgan fingerprint density at radius 2 is 1.79 bits per heavy atom. The van der Waals surface area contributed by atoms with Crippen LogP contribution in [-0.4, -0.2) is 11.7 Å². The number of benzene rings is 2. The van der Waals surface area contributed by atoms with Crippen LogP contribution in [0, 0.1) is 18.3 Å². The van der Waals surface area contributed by atoms with Crippen molar-refractivity contribution >= 4 is 0 Å². The molecule has 2 heterocycles. The van der Waals surface area contributed by atoms with E-state index < -0.39 is 5.92 Å². The molecule has 1 unspecified atom stereocenters. The number of nitriles is 1. The van der Waals surface area contributed by atoms with E-state index in [0.29, 0.717) is 36.3 Å². The molecule has 1 aliphatic rings. The monoisotopic (exact) mass is 441 g/mol. The minimum absolute atomic E-state index is 0.0813. The number of nitrogens with zero attached hydrogens (tertiary/aromatic N) is 2. The van der Waals surface area contributed by atoms with Crippen molar-refractivity contribution in [2.45, 2.75) is 38.6 Å². The third-order valence-corrected chi connectivity index (χ3v) is 6.16. The van der Waals surface area contributed by atoms with Gasteiger partial charge in [-0.2, -0.15) is 5.26 Å². The Morgan fingerprint density at radius 3 is 2.45 bits per heavy atom. The summed E-state index contributed by atoms with van der Waals surface area (Å²) in [5.74, 6) is 0.928. The molecule has 1 aromatic heterocycles. The predicted molar refractivity (Wildman–Crippen MR) is 127 cm³/mol. The first kappa shape index (κ1) is 22.2. The summed E-state index contributed by atoms with van der Waals surface area (Å²) in [6, 6.07) is 21.9.